The molecule has 0 saturated carbocycles. The number of benzene rings is 2. The van der Waals surface area contributed by atoms with Crippen LogP contribution in [0.4, 0.5) is 0 Å². The van der Waals surface area contributed by atoms with E-state index >= 15 is 0 Å². The predicted molar refractivity (Wildman–Crippen MR) is 115 cm³/mol. The number of hydrogen-bond donors (Lipinski definition) is 1. The molecular formula is C23H30O7. The molecule has 0 radical (unpaired) electrons. The third-order valence-electron chi connectivity index (χ3n) is 4.62. The average Bonchev–Trinajstić information content (AvgIpc) is 2.77. The van der Waals surface area contributed by atoms with Gasteiger partial charge >= 0.3 is 0 Å². The summed E-state index contributed by atoms with van der Waals surface area (Å²) in [4.78, 5) is 0. The van der Waals surface area contributed by atoms with Crippen molar-refractivity contribution in [2.45, 2.75) is 26.1 Å². The first-order chi connectivity index (χ1) is 14.4. The van der Waals surface area contributed by atoms with Gasteiger partial charge in [-0.1, -0.05) is 12.2 Å². The van der Waals surface area contributed by atoms with Crippen LogP contribution in [-0.2, 0) is 0 Å². The molecule has 2 atom stereocenters. The fourth-order valence-corrected chi connectivity index (χ4v) is 3.10. The van der Waals surface area contributed by atoms with Gasteiger partial charge in [0, 0.05) is 0 Å². The number of hydrogen-bond acceptors (Lipinski definition) is 7. The van der Waals surface area contributed by atoms with Gasteiger partial charge in [-0.25, -0.2) is 0 Å². The Morgan fingerprint density at radius 1 is 0.733 bits per heavy atom. The molecule has 0 aromatic heterocycles. The summed E-state index contributed by atoms with van der Waals surface area (Å²) in [5, 5.41) is 11.0. The van der Waals surface area contributed by atoms with Crippen LogP contribution in [0.3, 0.4) is 0 Å². The van der Waals surface area contributed by atoms with Crippen molar-refractivity contribution >= 4 is 6.08 Å². The van der Waals surface area contributed by atoms with Crippen molar-refractivity contribution in [2.24, 2.45) is 0 Å². The minimum atomic E-state index is -0.983. The number of aliphatic hydroxyl groups is 1. The van der Waals surface area contributed by atoms with Gasteiger partial charge in [-0.3, -0.25) is 0 Å². The van der Waals surface area contributed by atoms with Crippen LogP contribution in [0, 0.1) is 0 Å². The highest BCUT2D eigenvalue weighted by Gasteiger charge is 2.25. The molecule has 30 heavy (non-hydrogen) atoms. The molecule has 0 aliphatic carbocycles. The molecule has 7 nitrogen and oxygen atoms in total. The van der Waals surface area contributed by atoms with Crippen molar-refractivity contribution in [1.29, 1.82) is 0 Å². The van der Waals surface area contributed by atoms with Gasteiger partial charge in [0.05, 0.1) is 35.5 Å². The van der Waals surface area contributed by atoms with E-state index in [1.807, 2.05) is 31.2 Å². The molecule has 2 aromatic carbocycles. The van der Waals surface area contributed by atoms with Crippen LogP contribution >= 0.6 is 0 Å². The molecule has 0 bridgehead atoms. The van der Waals surface area contributed by atoms with Gasteiger partial charge in [0.1, 0.15) is 12.2 Å². The van der Waals surface area contributed by atoms with Crippen LogP contribution in [0.2, 0.25) is 0 Å². The summed E-state index contributed by atoms with van der Waals surface area (Å²) in [7, 11) is 7.69. The summed E-state index contributed by atoms with van der Waals surface area (Å²) >= 11 is 0. The van der Waals surface area contributed by atoms with Gasteiger partial charge in [0.2, 0.25) is 11.5 Å². The zero-order chi connectivity index (χ0) is 22.3. The predicted octanol–water partition coefficient (Wildman–Crippen LogP) is 4.26. The molecule has 1 N–H and O–H groups in total. The Balaban J connectivity index is 2.39. The second-order valence-electron chi connectivity index (χ2n) is 6.48. The van der Waals surface area contributed by atoms with E-state index in [-0.39, 0.29) is 0 Å². The van der Waals surface area contributed by atoms with Crippen LogP contribution < -0.4 is 28.4 Å². The molecule has 0 amide bonds. The van der Waals surface area contributed by atoms with Crippen LogP contribution in [0.25, 0.3) is 6.08 Å². The average molecular weight is 418 g/mol. The minimum absolute atomic E-state index is 0.409. The monoisotopic (exact) mass is 418 g/mol. The zero-order valence-electron chi connectivity index (χ0n) is 18.5. The largest absolute Gasteiger partial charge is 0.493 e. The van der Waals surface area contributed by atoms with Crippen molar-refractivity contribution < 1.29 is 33.5 Å². The Bertz CT molecular complexity index is 826. The van der Waals surface area contributed by atoms with Crippen molar-refractivity contribution in [3.8, 4) is 34.5 Å². The molecule has 0 heterocycles. The van der Waals surface area contributed by atoms with Crippen molar-refractivity contribution in [3.05, 3.63) is 41.5 Å². The maximum absolute atomic E-state index is 11.0. The standard InChI is InChI=1S/C23H30O7/c1-8-9-15-10-17(25-3)23(18(11-15)26-4)30-14(2)21(24)16-12-19(27-5)22(29-7)20(13-16)28-6/h8-14,21,24H,1-7H3/b9-8+/t14-,21-/m1/s1. The summed E-state index contributed by atoms with van der Waals surface area (Å²) in [5.41, 5.74) is 1.47. The molecule has 7 heteroatoms. The van der Waals surface area contributed by atoms with E-state index in [0.29, 0.717) is 40.1 Å². The molecule has 0 spiro atoms. The summed E-state index contributed by atoms with van der Waals surface area (Å²) in [6.45, 7) is 3.69. The van der Waals surface area contributed by atoms with Gasteiger partial charge in [0.25, 0.3) is 0 Å². The lowest BCUT2D eigenvalue weighted by molar-refractivity contribution is 0.0431. The number of allylic oxidation sites excluding steroid dienone is 1. The lowest BCUT2D eigenvalue weighted by Crippen LogP contribution is -2.22. The van der Waals surface area contributed by atoms with E-state index in [0.717, 1.165) is 5.56 Å². The maximum Gasteiger partial charge on any atom is 0.203 e. The van der Waals surface area contributed by atoms with Crippen molar-refractivity contribution in [3.63, 3.8) is 0 Å². The van der Waals surface area contributed by atoms with E-state index in [4.69, 9.17) is 28.4 Å². The molecule has 0 aliphatic rings. The van der Waals surface area contributed by atoms with Crippen LogP contribution in [0.5, 0.6) is 34.5 Å². The molecular weight excluding hydrogens is 388 g/mol. The number of aliphatic hydroxyl groups excluding tert-OH is 1. The summed E-state index contributed by atoms with van der Waals surface area (Å²) < 4.78 is 33.1. The first-order valence-corrected chi connectivity index (χ1v) is 9.47. The highest BCUT2D eigenvalue weighted by Crippen LogP contribution is 2.43. The summed E-state index contributed by atoms with van der Waals surface area (Å²) in [6, 6.07) is 7.07. The number of ether oxygens (including phenoxy) is 6. The van der Waals surface area contributed by atoms with E-state index in [9.17, 15) is 5.11 Å². The highest BCUT2D eigenvalue weighted by molar-refractivity contribution is 5.62. The Morgan fingerprint density at radius 2 is 1.20 bits per heavy atom. The maximum atomic E-state index is 11.0. The van der Waals surface area contributed by atoms with Gasteiger partial charge in [-0.2, -0.15) is 0 Å². The first kappa shape index (κ1) is 23.2. The normalized spacial score (nSPS) is 12.9. The Kier molecular flexibility index (Phi) is 8.24. The quantitative estimate of drug-likeness (QED) is 0.618. The Hall–Kier alpha value is -3.06. The third kappa shape index (κ3) is 4.91. The Labute approximate surface area is 177 Å². The summed E-state index contributed by atoms with van der Waals surface area (Å²) in [5.74, 6) is 2.77. The van der Waals surface area contributed by atoms with Crippen LogP contribution in [0.15, 0.2) is 30.3 Å². The van der Waals surface area contributed by atoms with E-state index < -0.39 is 12.2 Å². The SMILES string of the molecule is C/C=C/c1cc(OC)c(O[C@H](C)[C@@H](O)c2cc(OC)c(OC)c(OC)c2)c(OC)c1. The van der Waals surface area contributed by atoms with E-state index in [1.165, 1.54) is 21.3 Å². The van der Waals surface area contributed by atoms with Crippen LogP contribution in [0.1, 0.15) is 31.1 Å². The summed E-state index contributed by atoms with van der Waals surface area (Å²) in [6.07, 6.45) is 2.24. The third-order valence-corrected chi connectivity index (χ3v) is 4.62. The molecule has 0 unspecified atom stereocenters. The second-order valence-corrected chi connectivity index (χ2v) is 6.48. The molecule has 0 aliphatic heterocycles. The molecule has 2 aromatic rings. The Morgan fingerprint density at radius 3 is 1.60 bits per heavy atom. The van der Waals surface area contributed by atoms with Gasteiger partial charge in [0.15, 0.2) is 23.0 Å². The second kappa shape index (κ2) is 10.6. The fourth-order valence-electron chi connectivity index (χ4n) is 3.10. The van der Waals surface area contributed by atoms with Gasteiger partial charge in [-0.05, 0) is 49.2 Å². The number of methoxy groups -OCH3 is 5. The zero-order valence-corrected chi connectivity index (χ0v) is 18.5. The van der Waals surface area contributed by atoms with E-state index in [2.05, 4.69) is 0 Å². The smallest absolute Gasteiger partial charge is 0.203 e. The lowest BCUT2D eigenvalue weighted by atomic mass is 10.0. The van der Waals surface area contributed by atoms with Gasteiger partial charge < -0.3 is 33.5 Å². The van der Waals surface area contributed by atoms with Crippen LogP contribution in [-0.4, -0.2) is 46.8 Å². The number of rotatable bonds is 10. The minimum Gasteiger partial charge on any atom is -0.493 e. The van der Waals surface area contributed by atoms with E-state index in [1.54, 1.807) is 33.3 Å². The molecule has 0 fully saturated rings. The molecule has 2 rings (SSSR count). The lowest BCUT2D eigenvalue weighted by Gasteiger charge is -2.24. The highest BCUT2D eigenvalue weighted by atomic mass is 16.6. The van der Waals surface area contributed by atoms with Gasteiger partial charge in [-0.15, -0.1) is 0 Å². The van der Waals surface area contributed by atoms with Crippen molar-refractivity contribution in [1.82, 2.24) is 0 Å². The topological polar surface area (TPSA) is 75.6 Å². The molecule has 164 valence electrons. The first-order valence-electron chi connectivity index (χ1n) is 9.47. The van der Waals surface area contributed by atoms with Crippen molar-refractivity contribution in [2.75, 3.05) is 35.5 Å². The molecule has 0 saturated heterocycles. The fraction of sp³-hybridized carbons (Fsp3) is 0.391.